The predicted octanol–water partition coefficient (Wildman–Crippen LogP) is 2.31. The van der Waals surface area contributed by atoms with E-state index in [1.54, 1.807) is 43.3 Å². The highest BCUT2D eigenvalue weighted by molar-refractivity contribution is 5.96. The van der Waals surface area contributed by atoms with Gasteiger partial charge in [-0.25, -0.2) is 4.79 Å². The zero-order valence-corrected chi connectivity index (χ0v) is 14.2. The van der Waals surface area contributed by atoms with Crippen LogP contribution in [-0.4, -0.2) is 31.1 Å². The maximum Gasteiger partial charge on any atom is 0.321 e. The number of para-hydroxylation sites is 2. The first-order valence-electron chi connectivity index (χ1n) is 8.20. The molecule has 0 unspecified atom stereocenters. The first-order chi connectivity index (χ1) is 12.6. The van der Waals surface area contributed by atoms with E-state index in [0.29, 0.717) is 29.2 Å². The maximum atomic E-state index is 12.7. The molecule has 3 amide bonds. The summed E-state index contributed by atoms with van der Waals surface area (Å²) in [6.45, 7) is 1.57. The fourth-order valence-corrected chi connectivity index (χ4v) is 2.75. The number of carbonyl (C=O) groups is 3. The maximum absolute atomic E-state index is 12.7. The lowest BCUT2D eigenvalue weighted by Crippen LogP contribution is -2.41. The highest BCUT2D eigenvalue weighted by Crippen LogP contribution is 2.44. The minimum absolute atomic E-state index is 0.383. The molecule has 2 aromatic carbocycles. The Morgan fingerprint density at radius 1 is 1.00 bits per heavy atom. The number of hydrogen-bond donors (Lipinski definition) is 2. The van der Waals surface area contributed by atoms with Crippen LogP contribution in [-0.2, 0) is 14.3 Å². The molecule has 2 N–H and O–H groups in total. The van der Waals surface area contributed by atoms with Gasteiger partial charge in [-0.05, 0) is 19.1 Å². The number of esters is 1. The minimum atomic E-state index is -0.701. The van der Waals surface area contributed by atoms with E-state index >= 15 is 0 Å². The van der Waals surface area contributed by atoms with Crippen molar-refractivity contribution in [1.82, 2.24) is 10.6 Å². The summed E-state index contributed by atoms with van der Waals surface area (Å²) >= 11 is 0. The van der Waals surface area contributed by atoms with Crippen molar-refractivity contribution >= 4 is 17.9 Å². The van der Waals surface area contributed by atoms with Gasteiger partial charge >= 0.3 is 12.0 Å². The Kier molecular flexibility index (Phi) is 5.17. The Labute approximate surface area is 150 Å². The number of fused-ring (bicyclic) bond motifs is 2. The van der Waals surface area contributed by atoms with Crippen LogP contribution in [0.5, 0.6) is 11.5 Å². The van der Waals surface area contributed by atoms with Gasteiger partial charge in [0.25, 0.3) is 5.91 Å². The molecule has 7 heteroatoms. The quantitative estimate of drug-likeness (QED) is 0.822. The second kappa shape index (κ2) is 7.69. The van der Waals surface area contributed by atoms with E-state index in [-0.39, 0.29) is 0 Å². The number of urea groups is 1. The summed E-state index contributed by atoms with van der Waals surface area (Å²) in [4.78, 5) is 35.7. The first-order valence-corrected chi connectivity index (χ1v) is 8.20. The number of amides is 3. The number of carbonyl (C=O) groups excluding carboxylic acids is 3. The standard InChI is InChI=1S/C19H18N2O5/c1-2-20-19(24)21-16(22)11-25-18(23)17-12-7-3-5-9-14(12)26-15-10-6-4-8-13(15)17/h3-10,17H,2,11H2,1H3,(H2,20,21,22,24). The number of nitrogens with one attached hydrogen (secondary N) is 2. The van der Waals surface area contributed by atoms with Gasteiger partial charge < -0.3 is 14.8 Å². The van der Waals surface area contributed by atoms with E-state index in [2.05, 4.69) is 10.6 Å². The van der Waals surface area contributed by atoms with Crippen LogP contribution in [0.2, 0.25) is 0 Å². The van der Waals surface area contributed by atoms with Crippen LogP contribution < -0.4 is 15.4 Å². The third-order valence-corrected chi connectivity index (χ3v) is 3.85. The topological polar surface area (TPSA) is 93.7 Å². The van der Waals surface area contributed by atoms with Gasteiger partial charge in [-0.15, -0.1) is 0 Å². The zero-order chi connectivity index (χ0) is 18.5. The summed E-state index contributed by atoms with van der Waals surface area (Å²) in [6.07, 6.45) is 0. The van der Waals surface area contributed by atoms with Crippen LogP contribution in [0.1, 0.15) is 24.0 Å². The van der Waals surface area contributed by atoms with Gasteiger partial charge in [0.2, 0.25) is 0 Å². The molecule has 134 valence electrons. The summed E-state index contributed by atoms with van der Waals surface area (Å²) < 4.78 is 11.0. The number of ether oxygens (including phenoxy) is 2. The molecule has 7 nitrogen and oxygen atoms in total. The van der Waals surface area contributed by atoms with Gasteiger partial charge in [0.1, 0.15) is 17.4 Å². The molecule has 26 heavy (non-hydrogen) atoms. The van der Waals surface area contributed by atoms with Gasteiger partial charge in [-0.2, -0.15) is 0 Å². The van der Waals surface area contributed by atoms with Crippen molar-refractivity contribution in [1.29, 1.82) is 0 Å². The van der Waals surface area contributed by atoms with Gasteiger partial charge in [0.05, 0.1) is 0 Å². The highest BCUT2D eigenvalue weighted by atomic mass is 16.5. The summed E-state index contributed by atoms with van der Waals surface area (Å²) in [7, 11) is 0. The number of imide groups is 1. The van der Waals surface area contributed by atoms with Gasteiger partial charge in [-0.1, -0.05) is 36.4 Å². The first kappa shape index (κ1) is 17.5. The average molecular weight is 354 g/mol. The fourth-order valence-electron chi connectivity index (χ4n) is 2.75. The normalized spacial score (nSPS) is 12.2. The van der Waals surface area contributed by atoms with E-state index in [9.17, 15) is 14.4 Å². The third kappa shape index (κ3) is 3.66. The van der Waals surface area contributed by atoms with Gasteiger partial charge in [0, 0.05) is 17.7 Å². The van der Waals surface area contributed by atoms with Crippen LogP contribution >= 0.6 is 0 Å². The molecule has 0 fully saturated rings. The lowest BCUT2D eigenvalue weighted by atomic mass is 9.88. The van der Waals surface area contributed by atoms with Crippen molar-refractivity contribution in [3.05, 3.63) is 59.7 Å². The summed E-state index contributed by atoms with van der Waals surface area (Å²) in [5, 5.41) is 4.51. The van der Waals surface area contributed by atoms with Crippen LogP contribution in [0.15, 0.2) is 48.5 Å². The number of hydrogen-bond acceptors (Lipinski definition) is 5. The molecule has 1 heterocycles. The van der Waals surface area contributed by atoms with E-state index in [1.807, 2.05) is 12.1 Å². The average Bonchev–Trinajstić information content (AvgIpc) is 2.64. The van der Waals surface area contributed by atoms with Crippen molar-refractivity contribution in [3.8, 4) is 11.5 Å². The summed E-state index contributed by atoms with van der Waals surface area (Å²) in [6, 6.07) is 13.7. The van der Waals surface area contributed by atoms with E-state index in [1.165, 1.54) is 0 Å². The second-order valence-electron chi connectivity index (χ2n) is 5.63. The molecule has 1 aliphatic heterocycles. The molecular weight excluding hydrogens is 336 g/mol. The smallest absolute Gasteiger partial charge is 0.321 e. The van der Waals surface area contributed by atoms with Crippen LogP contribution in [0.4, 0.5) is 4.79 Å². The van der Waals surface area contributed by atoms with Crippen molar-refractivity contribution < 1.29 is 23.9 Å². The molecule has 0 radical (unpaired) electrons. The monoisotopic (exact) mass is 354 g/mol. The molecular formula is C19H18N2O5. The number of benzene rings is 2. The van der Waals surface area contributed by atoms with Crippen LogP contribution in [0.3, 0.4) is 0 Å². The van der Waals surface area contributed by atoms with Crippen LogP contribution in [0, 0.1) is 0 Å². The van der Waals surface area contributed by atoms with Crippen molar-refractivity contribution in [2.75, 3.05) is 13.2 Å². The Morgan fingerprint density at radius 3 is 2.15 bits per heavy atom. The minimum Gasteiger partial charge on any atom is -0.457 e. The summed E-state index contributed by atoms with van der Waals surface area (Å²) in [5.74, 6) is -0.842. The zero-order valence-electron chi connectivity index (χ0n) is 14.2. The SMILES string of the molecule is CCNC(=O)NC(=O)COC(=O)C1c2ccccc2Oc2ccccc21. The van der Waals surface area contributed by atoms with E-state index in [4.69, 9.17) is 9.47 Å². The molecule has 0 spiro atoms. The van der Waals surface area contributed by atoms with E-state index in [0.717, 1.165) is 0 Å². The molecule has 0 bridgehead atoms. The third-order valence-electron chi connectivity index (χ3n) is 3.85. The largest absolute Gasteiger partial charge is 0.457 e. The Bertz CT molecular complexity index is 804. The number of rotatable bonds is 4. The molecule has 0 atom stereocenters. The molecule has 0 saturated carbocycles. The predicted molar refractivity (Wildman–Crippen MR) is 93.0 cm³/mol. The Balaban J connectivity index is 1.75. The molecule has 0 saturated heterocycles. The molecule has 0 aromatic heterocycles. The molecule has 3 rings (SSSR count). The van der Waals surface area contributed by atoms with E-state index < -0.39 is 30.4 Å². The van der Waals surface area contributed by atoms with Crippen molar-refractivity contribution in [2.45, 2.75) is 12.8 Å². The highest BCUT2D eigenvalue weighted by Gasteiger charge is 2.33. The summed E-state index contributed by atoms with van der Waals surface area (Å²) in [5.41, 5.74) is 1.33. The Morgan fingerprint density at radius 2 is 1.58 bits per heavy atom. The van der Waals surface area contributed by atoms with Crippen LogP contribution in [0.25, 0.3) is 0 Å². The van der Waals surface area contributed by atoms with Gasteiger partial charge in [0.15, 0.2) is 6.61 Å². The van der Waals surface area contributed by atoms with Crippen molar-refractivity contribution in [3.63, 3.8) is 0 Å². The molecule has 2 aromatic rings. The van der Waals surface area contributed by atoms with Crippen molar-refractivity contribution in [2.24, 2.45) is 0 Å². The second-order valence-corrected chi connectivity index (χ2v) is 5.63. The van der Waals surface area contributed by atoms with Gasteiger partial charge in [-0.3, -0.25) is 14.9 Å². The lowest BCUT2D eigenvalue weighted by Gasteiger charge is -2.26. The lowest BCUT2D eigenvalue weighted by molar-refractivity contribution is -0.149. The molecule has 0 aliphatic carbocycles. The molecule has 1 aliphatic rings. The fraction of sp³-hybridized carbons (Fsp3) is 0.211. The Hall–Kier alpha value is -3.35.